The molecule has 1 heterocycles. The van der Waals surface area contributed by atoms with Gasteiger partial charge in [0.2, 0.25) is 0 Å². The number of benzene rings is 2. The summed E-state index contributed by atoms with van der Waals surface area (Å²) >= 11 is 1.62. The number of amides is 1. The largest absolute Gasteiger partial charge is 0.321 e. The first-order valence-electron chi connectivity index (χ1n) is 7.59. The van der Waals surface area contributed by atoms with Crippen LogP contribution in [-0.2, 0) is 6.42 Å². The minimum Gasteiger partial charge on any atom is -0.321 e. The molecule has 1 aliphatic carbocycles. The maximum Gasteiger partial charge on any atom is 0.255 e. The zero-order valence-corrected chi connectivity index (χ0v) is 13.5. The minimum absolute atomic E-state index is 0.133. The van der Waals surface area contributed by atoms with E-state index in [2.05, 4.69) is 5.32 Å². The Morgan fingerprint density at radius 2 is 1.91 bits per heavy atom. The molecule has 0 unspecified atom stereocenters. The van der Waals surface area contributed by atoms with Crippen LogP contribution in [0.25, 0.3) is 10.1 Å². The molecule has 3 aromatic rings. The molecule has 114 valence electrons. The molecule has 1 N–H and O–H groups in total. The maximum atomic E-state index is 12.5. The van der Waals surface area contributed by atoms with Crippen molar-refractivity contribution in [2.24, 2.45) is 0 Å². The number of rotatable bonds is 2. The number of hydrogen-bond acceptors (Lipinski definition) is 3. The number of thiophene rings is 1. The van der Waals surface area contributed by atoms with Crippen LogP contribution in [0.5, 0.6) is 0 Å². The van der Waals surface area contributed by atoms with Gasteiger partial charge in [0.05, 0.1) is 0 Å². The Hall–Kier alpha value is -2.46. The monoisotopic (exact) mass is 321 g/mol. The topological polar surface area (TPSA) is 46.2 Å². The number of carbonyl (C=O) groups is 2. The third-order valence-electron chi connectivity index (χ3n) is 4.41. The highest BCUT2D eigenvalue weighted by atomic mass is 32.1. The molecule has 0 spiro atoms. The first-order valence-corrected chi connectivity index (χ1v) is 8.47. The highest BCUT2D eigenvalue weighted by Crippen LogP contribution is 2.41. The third-order valence-corrected chi connectivity index (χ3v) is 5.44. The molecule has 0 fully saturated rings. The van der Waals surface area contributed by atoms with Gasteiger partial charge in [0.15, 0.2) is 5.78 Å². The molecular weight excluding hydrogens is 306 g/mol. The summed E-state index contributed by atoms with van der Waals surface area (Å²) in [4.78, 5) is 24.8. The molecule has 0 bridgehead atoms. The van der Waals surface area contributed by atoms with E-state index in [9.17, 15) is 9.59 Å². The van der Waals surface area contributed by atoms with Crippen molar-refractivity contribution in [3.63, 3.8) is 0 Å². The number of hydrogen-bond donors (Lipinski definition) is 1. The number of fused-ring (bicyclic) bond motifs is 3. The highest BCUT2D eigenvalue weighted by molar-refractivity contribution is 7.17. The second-order valence-corrected chi connectivity index (χ2v) is 6.68. The summed E-state index contributed by atoms with van der Waals surface area (Å²) in [5.74, 6) is 0.0461. The van der Waals surface area contributed by atoms with Crippen LogP contribution >= 0.6 is 11.3 Å². The van der Waals surface area contributed by atoms with Crippen LogP contribution in [0.2, 0.25) is 0 Å². The van der Waals surface area contributed by atoms with Crippen molar-refractivity contribution in [2.75, 3.05) is 5.32 Å². The SMILES string of the molecule is Cc1c(NC(=O)c2ccccc2)c2c(c3ccsc13)C(=O)CC2. The van der Waals surface area contributed by atoms with Crippen LogP contribution < -0.4 is 5.32 Å². The fraction of sp³-hybridized carbons (Fsp3) is 0.158. The average Bonchev–Trinajstić information content (AvgIpc) is 3.19. The smallest absolute Gasteiger partial charge is 0.255 e. The molecule has 2 aromatic carbocycles. The summed E-state index contributed by atoms with van der Waals surface area (Å²) in [5.41, 5.74) is 4.27. The van der Waals surface area contributed by atoms with Gasteiger partial charge >= 0.3 is 0 Å². The second-order valence-electron chi connectivity index (χ2n) is 5.76. The van der Waals surface area contributed by atoms with Crippen molar-refractivity contribution in [3.05, 3.63) is 64.0 Å². The Morgan fingerprint density at radius 1 is 1.13 bits per heavy atom. The summed E-state index contributed by atoms with van der Waals surface area (Å²) in [6.07, 6.45) is 1.23. The number of anilines is 1. The van der Waals surface area contributed by atoms with E-state index >= 15 is 0 Å². The van der Waals surface area contributed by atoms with Crippen LogP contribution in [0.3, 0.4) is 0 Å². The number of nitrogens with one attached hydrogen (secondary N) is 1. The molecule has 4 rings (SSSR count). The zero-order chi connectivity index (χ0) is 16.0. The van der Waals surface area contributed by atoms with Gasteiger partial charge in [-0.25, -0.2) is 0 Å². The Balaban J connectivity index is 1.86. The average molecular weight is 321 g/mol. The first-order chi connectivity index (χ1) is 11.2. The number of carbonyl (C=O) groups excluding carboxylic acids is 2. The fourth-order valence-corrected chi connectivity index (χ4v) is 4.22. The van der Waals surface area contributed by atoms with Crippen molar-refractivity contribution in [2.45, 2.75) is 19.8 Å². The quantitative estimate of drug-likeness (QED) is 0.750. The Bertz CT molecular complexity index is 941. The van der Waals surface area contributed by atoms with Crippen LogP contribution in [0.4, 0.5) is 5.69 Å². The lowest BCUT2D eigenvalue weighted by atomic mass is 9.99. The second kappa shape index (κ2) is 5.32. The molecule has 3 nitrogen and oxygen atoms in total. The van der Waals surface area contributed by atoms with Gasteiger partial charge in [0.1, 0.15) is 0 Å². The maximum absolute atomic E-state index is 12.5. The Morgan fingerprint density at radius 3 is 2.70 bits per heavy atom. The molecule has 23 heavy (non-hydrogen) atoms. The summed E-state index contributed by atoms with van der Waals surface area (Å²) < 4.78 is 1.09. The first kappa shape index (κ1) is 14.2. The third kappa shape index (κ3) is 2.18. The van der Waals surface area contributed by atoms with Gasteiger partial charge in [-0.05, 0) is 48.1 Å². The van der Waals surface area contributed by atoms with Gasteiger partial charge in [-0.3, -0.25) is 9.59 Å². The molecule has 0 saturated carbocycles. The molecule has 0 radical (unpaired) electrons. The van der Waals surface area contributed by atoms with Gasteiger partial charge in [-0.15, -0.1) is 11.3 Å². The molecule has 1 aromatic heterocycles. The van der Waals surface area contributed by atoms with E-state index in [1.54, 1.807) is 23.5 Å². The Kier molecular flexibility index (Phi) is 3.27. The van der Waals surface area contributed by atoms with Crippen molar-refractivity contribution in [3.8, 4) is 0 Å². The predicted octanol–water partition coefficient (Wildman–Crippen LogP) is 4.59. The summed E-state index contributed by atoms with van der Waals surface area (Å²) in [5, 5.41) is 6.08. The molecule has 0 atom stereocenters. The van der Waals surface area contributed by atoms with E-state index in [0.717, 1.165) is 32.5 Å². The molecule has 4 heteroatoms. The molecule has 0 saturated heterocycles. The van der Waals surface area contributed by atoms with Crippen LogP contribution in [0.15, 0.2) is 41.8 Å². The van der Waals surface area contributed by atoms with Gasteiger partial charge in [-0.2, -0.15) is 0 Å². The molecule has 1 amide bonds. The van der Waals surface area contributed by atoms with Crippen LogP contribution in [0.1, 0.15) is 38.3 Å². The lowest BCUT2D eigenvalue weighted by Crippen LogP contribution is -2.14. The summed E-state index contributed by atoms with van der Waals surface area (Å²) in [6, 6.07) is 11.2. The fourth-order valence-electron chi connectivity index (χ4n) is 3.30. The van der Waals surface area contributed by atoms with Gasteiger partial charge in [-0.1, -0.05) is 18.2 Å². The summed E-state index contributed by atoms with van der Waals surface area (Å²) in [7, 11) is 0. The zero-order valence-electron chi connectivity index (χ0n) is 12.7. The summed E-state index contributed by atoms with van der Waals surface area (Å²) in [6.45, 7) is 2.02. The normalized spacial score (nSPS) is 13.3. The van der Waals surface area contributed by atoms with Crippen molar-refractivity contribution < 1.29 is 9.59 Å². The van der Waals surface area contributed by atoms with Crippen molar-refractivity contribution in [1.29, 1.82) is 0 Å². The predicted molar refractivity (Wildman–Crippen MR) is 93.6 cm³/mol. The molecule has 0 aliphatic heterocycles. The molecular formula is C19H15NO2S. The lowest BCUT2D eigenvalue weighted by Gasteiger charge is -2.15. The highest BCUT2D eigenvalue weighted by Gasteiger charge is 2.28. The number of aryl methyl sites for hydroxylation is 1. The van der Waals surface area contributed by atoms with Crippen LogP contribution in [0, 0.1) is 6.92 Å². The standard InChI is InChI=1S/C19H15NO2S/c1-11-17(20-19(22)12-5-3-2-4-6-12)13-7-8-15(21)16(13)14-9-10-23-18(11)14/h2-6,9-10H,7-8H2,1H3,(H,20,22). The van der Waals surface area contributed by atoms with Gasteiger partial charge in [0, 0.05) is 33.3 Å². The van der Waals surface area contributed by atoms with Crippen LogP contribution in [-0.4, -0.2) is 11.7 Å². The van der Waals surface area contributed by atoms with E-state index in [-0.39, 0.29) is 11.7 Å². The number of ketones is 1. The van der Waals surface area contributed by atoms with E-state index in [1.807, 2.05) is 36.6 Å². The Labute approximate surface area is 138 Å². The van der Waals surface area contributed by atoms with E-state index in [0.29, 0.717) is 18.4 Å². The number of Topliss-reactive ketones (excluding diaryl/α,β-unsaturated/α-hetero) is 1. The van der Waals surface area contributed by atoms with Crippen molar-refractivity contribution >= 4 is 38.8 Å². The van der Waals surface area contributed by atoms with Crippen molar-refractivity contribution in [1.82, 2.24) is 0 Å². The lowest BCUT2D eigenvalue weighted by molar-refractivity contribution is 0.0993. The van der Waals surface area contributed by atoms with E-state index in [1.165, 1.54) is 0 Å². The van der Waals surface area contributed by atoms with Gasteiger partial charge in [0.25, 0.3) is 5.91 Å². The van der Waals surface area contributed by atoms with Gasteiger partial charge < -0.3 is 5.32 Å². The van der Waals surface area contributed by atoms with E-state index in [4.69, 9.17) is 0 Å². The van der Waals surface area contributed by atoms with E-state index < -0.39 is 0 Å². The minimum atomic E-state index is -0.133. The molecule has 1 aliphatic rings.